The Balaban J connectivity index is 1.27. The van der Waals surface area contributed by atoms with Crippen LogP contribution in [0.15, 0.2) is 59.4 Å². The first-order valence-electron chi connectivity index (χ1n) is 8.54. The van der Waals surface area contributed by atoms with Crippen LogP contribution in [0.25, 0.3) is 0 Å². The van der Waals surface area contributed by atoms with E-state index in [-0.39, 0.29) is 12.0 Å². The summed E-state index contributed by atoms with van der Waals surface area (Å²) in [4.78, 5) is 16.5. The predicted molar refractivity (Wildman–Crippen MR) is 102 cm³/mol. The van der Waals surface area contributed by atoms with Crippen molar-refractivity contribution in [3.8, 4) is 17.2 Å². The molecular weight excluding hydrogens is 364 g/mol. The highest BCUT2D eigenvalue weighted by atomic mass is 32.1. The lowest BCUT2D eigenvalue weighted by Gasteiger charge is -2.26. The first-order valence-corrected chi connectivity index (χ1v) is 9.49. The number of aromatic nitrogens is 1. The standard InChI is InChI=1S/C20H18N2O4S/c23-20(21-9-17-11-25-18-3-1-2-4-19(18)26-17)14-5-7-16(8-6-14)24-10-15-12-27-13-22-15/h1-8,12-13,17H,9-11H2,(H,21,23). The lowest BCUT2D eigenvalue weighted by atomic mass is 10.2. The number of benzene rings is 2. The van der Waals surface area contributed by atoms with Crippen LogP contribution in [0.2, 0.25) is 0 Å². The molecule has 4 rings (SSSR count). The molecule has 1 N–H and O–H groups in total. The van der Waals surface area contributed by atoms with Crippen LogP contribution in [0.4, 0.5) is 0 Å². The number of nitrogens with zero attached hydrogens (tertiary/aromatic N) is 1. The third kappa shape index (κ3) is 4.38. The minimum absolute atomic E-state index is 0.163. The van der Waals surface area contributed by atoms with E-state index in [0.29, 0.717) is 36.8 Å². The molecule has 0 aliphatic carbocycles. The van der Waals surface area contributed by atoms with Gasteiger partial charge >= 0.3 is 0 Å². The largest absolute Gasteiger partial charge is 0.487 e. The summed E-state index contributed by atoms with van der Waals surface area (Å²) in [5.74, 6) is 1.96. The first kappa shape index (κ1) is 17.4. The number of hydrogen-bond donors (Lipinski definition) is 1. The summed E-state index contributed by atoms with van der Waals surface area (Å²) >= 11 is 1.53. The molecule has 0 bridgehead atoms. The van der Waals surface area contributed by atoms with E-state index in [0.717, 1.165) is 11.4 Å². The molecule has 138 valence electrons. The number of para-hydroxylation sites is 2. The molecule has 6 nitrogen and oxygen atoms in total. The highest BCUT2D eigenvalue weighted by molar-refractivity contribution is 7.07. The molecule has 0 fully saturated rings. The molecule has 1 atom stereocenters. The molecule has 2 heterocycles. The van der Waals surface area contributed by atoms with E-state index in [2.05, 4.69) is 10.3 Å². The molecule has 3 aromatic rings. The molecule has 1 aliphatic heterocycles. The normalized spacial score (nSPS) is 15.2. The molecule has 0 radical (unpaired) electrons. The second-order valence-corrected chi connectivity index (χ2v) is 6.72. The number of hydrogen-bond acceptors (Lipinski definition) is 6. The zero-order chi connectivity index (χ0) is 18.5. The fourth-order valence-electron chi connectivity index (χ4n) is 2.64. The Hall–Kier alpha value is -3.06. The molecule has 0 saturated carbocycles. The Morgan fingerprint density at radius 2 is 2.00 bits per heavy atom. The Kier molecular flexibility index (Phi) is 5.20. The van der Waals surface area contributed by atoms with Crippen molar-refractivity contribution >= 4 is 17.2 Å². The minimum Gasteiger partial charge on any atom is -0.487 e. The number of nitrogens with one attached hydrogen (secondary N) is 1. The van der Waals surface area contributed by atoms with Crippen molar-refractivity contribution in [2.45, 2.75) is 12.7 Å². The fourth-order valence-corrected chi connectivity index (χ4v) is 3.18. The quantitative estimate of drug-likeness (QED) is 0.708. The van der Waals surface area contributed by atoms with Crippen molar-refractivity contribution in [2.75, 3.05) is 13.2 Å². The third-order valence-corrected chi connectivity index (χ3v) is 4.68. The zero-order valence-electron chi connectivity index (χ0n) is 14.5. The van der Waals surface area contributed by atoms with E-state index < -0.39 is 0 Å². The Morgan fingerprint density at radius 3 is 2.78 bits per heavy atom. The van der Waals surface area contributed by atoms with Crippen LogP contribution in [0.5, 0.6) is 17.2 Å². The van der Waals surface area contributed by atoms with Gasteiger partial charge in [-0.1, -0.05) is 12.1 Å². The smallest absolute Gasteiger partial charge is 0.251 e. The van der Waals surface area contributed by atoms with Gasteiger partial charge in [-0.3, -0.25) is 4.79 Å². The second kappa shape index (κ2) is 8.09. The average molecular weight is 382 g/mol. The monoisotopic (exact) mass is 382 g/mol. The van der Waals surface area contributed by atoms with E-state index in [9.17, 15) is 4.79 Å². The van der Waals surface area contributed by atoms with E-state index in [1.807, 2.05) is 29.6 Å². The van der Waals surface area contributed by atoms with Gasteiger partial charge in [0.25, 0.3) is 5.91 Å². The van der Waals surface area contributed by atoms with Crippen molar-refractivity contribution in [3.63, 3.8) is 0 Å². The average Bonchev–Trinajstić information content (AvgIpc) is 3.24. The number of carbonyl (C=O) groups is 1. The molecule has 0 saturated heterocycles. The molecule has 7 heteroatoms. The second-order valence-electron chi connectivity index (χ2n) is 6.00. The van der Waals surface area contributed by atoms with Crippen LogP contribution in [-0.4, -0.2) is 30.1 Å². The van der Waals surface area contributed by atoms with E-state index in [1.165, 1.54) is 11.3 Å². The third-order valence-electron chi connectivity index (χ3n) is 4.04. The summed E-state index contributed by atoms with van der Waals surface area (Å²) in [6, 6.07) is 14.5. The van der Waals surface area contributed by atoms with Crippen LogP contribution in [0, 0.1) is 0 Å². The van der Waals surface area contributed by atoms with Gasteiger partial charge in [0.15, 0.2) is 11.5 Å². The van der Waals surface area contributed by atoms with Crippen LogP contribution >= 0.6 is 11.3 Å². The minimum atomic E-state index is -0.218. The van der Waals surface area contributed by atoms with Crippen molar-refractivity contribution in [3.05, 3.63) is 70.7 Å². The number of rotatable bonds is 6. The van der Waals surface area contributed by atoms with Crippen LogP contribution in [0.1, 0.15) is 16.1 Å². The van der Waals surface area contributed by atoms with Crippen molar-refractivity contribution in [1.82, 2.24) is 10.3 Å². The Morgan fingerprint density at radius 1 is 1.19 bits per heavy atom. The number of amides is 1. The van der Waals surface area contributed by atoms with Gasteiger partial charge in [0.05, 0.1) is 17.7 Å². The summed E-state index contributed by atoms with van der Waals surface area (Å²) in [6.07, 6.45) is -0.218. The predicted octanol–water partition coefficient (Wildman–Crippen LogP) is 3.29. The molecule has 0 spiro atoms. The highest BCUT2D eigenvalue weighted by Crippen LogP contribution is 2.30. The lowest BCUT2D eigenvalue weighted by molar-refractivity contribution is 0.0789. The van der Waals surface area contributed by atoms with Crippen LogP contribution < -0.4 is 19.5 Å². The van der Waals surface area contributed by atoms with E-state index >= 15 is 0 Å². The van der Waals surface area contributed by atoms with E-state index in [4.69, 9.17) is 14.2 Å². The van der Waals surface area contributed by atoms with Gasteiger partial charge in [-0.2, -0.15) is 0 Å². The molecule has 1 aromatic heterocycles. The number of thiazole rings is 1. The van der Waals surface area contributed by atoms with Crippen LogP contribution in [0.3, 0.4) is 0 Å². The first-order chi connectivity index (χ1) is 13.3. The topological polar surface area (TPSA) is 69.7 Å². The maximum Gasteiger partial charge on any atom is 0.251 e. The summed E-state index contributed by atoms with van der Waals surface area (Å²) in [7, 11) is 0. The molecule has 27 heavy (non-hydrogen) atoms. The highest BCUT2D eigenvalue weighted by Gasteiger charge is 2.21. The number of ether oxygens (including phenoxy) is 3. The zero-order valence-corrected chi connectivity index (χ0v) is 15.3. The maximum absolute atomic E-state index is 12.3. The van der Waals surface area contributed by atoms with Gasteiger partial charge in [-0.15, -0.1) is 11.3 Å². The SMILES string of the molecule is O=C(NCC1COc2ccccc2O1)c1ccc(OCc2cscn2)cc1. The summed E-state index contributed by atoms with van der Waals surface area (Å²) in [5.41, 5.74) is 3.22. The Labute approximate surface area is 160 Å². The Bertz CT molecular complexity index is 897. The van der Waals surface area contributed by atoms with Crippen LogP contribution in [-0.2, 0) is 6.61 Å². The maximum atomic E-state index is 12.3. The van der Waals surface area contributed by atoms with Gasteiger partial charge in [-0.25, -0.2) is 4.98 Å². The molecule has 1 aliphatic rings. The summed E-state index contributed by atoms with van der Waals surface area (Å²) in [5, 5.41) is 4.82. The molecular formula is C20H18N2O4S. The van der Waals surface area contributed by atoms with Gasteiger partial charge in [0, 0.05) is 10.9 Å². The van der Waals surface area contributed by atoms with Crippen molar-refractivity contribution < 1.29 is 19.0 Å². The van der Waals surface area contributed by atoms with Gasteiger partial charge < -0.3 is 19.5 Å². The van der Waals surface area contributed by atoms with Gasteiger partial charge in [0.2, 0.25) is 0 Å². The van der Waals surface area contributed by atoms with Crippen molar-refractivity contribution in [1.29, 1.82) is 0 Å². The number of fused-ring (bicyclic) bond motifs is 1. The molecule has 1 amide bonds. The van der Waals surface area contributed by atoms with Gasteiger partial charge in [0.1, 0.15) is 25.1 Å². The van der Waals surface area contributed by atoms with Gasteiger partial charge in [-0.05, 0) is 36.4 Å². The summed E-state index contributed by atoms with van der Waals surface area (Å²) < 4.78 is 17.1. The lowest BCUT2D eigenvalue weighted by Crippen LogP contribution is -2.40. The van der Waals surface area contributed by atoms with E-state index in [1.54, 1.807) is 29.8 Å². The number of carbonyl (C=O) groups excluding carboxylic acids is 1. The fraction of sp³-hybridized carbons (Fsp3) is 0.200. The van der Waals surface area contributed by atoms with Crippen molar-refractivity contribution in [2.24, 2.45) is 0 Å². The summed E-state index contributed by atoms with van der Waals surface area (Å²) in [6.45, 7) is 1.19. The molecule has 1 unspecified atom stereocenters. The molecule has 2 aromatic carbocycles.